The minimum Gasteiger partial charge on any atom is -0.486 e. The number of ether oxygens (including phenoxy) is 1. The summed E-state index contributed by atoms with van der Waals surface area (Å²) in [5, 5.41) is 2.11. The minimum absolute atomic E-state index is 0.440. The van der Waals surface area contributed by atoms with Crippen molar-refractivity contribution < 1.29 is 4.74 Å². The second-order valence-electron chi connectivity index (χ2n) is 12.5. The van der Waals surface area contributed by atoms with Gasteiger partial charge in [-0.15, -0.1) is 0 Å². The number of fused-ring (bicyclic) bond motifs is 1. The summed E-state index contributed by atoms with van der Waals surface area (Å²) in [6.45, 7) is 4.30. The van der Waals surface area contributed by atoms with E-state index in [0.29, 0.717) is 6.61 Å². The van der Waals surface area contributed by atoms with Crippen molar-refractivity contribution in [1.82, 2.24) is 0 Å². The third-order valence-electron chi connectivity index (χ3n) is 9.25. The van der Waals surface area contributed by atoms with Crippen LogP contribution in [0.15, 0.2) is 199 Å². The fraction of sp³-hybridized carbons (Fsp3) is 0.0208. The van der Waals surface area contributed by atoms with E-state index in [1.807, 2.05) is 24.3 Å². The van der Waals surface area contributed by atoms with Gasteiger partial charge in [-0.1, -0.05) is 152 Å². The molecule has 3 heteroatoms. The summed E-state index contributed by atoms with van der Waals surface area (Å²) in [7, 11) is 0. The number of anilines is 3. The molecule has 0 aliphatic rings. The van der Waals surface area contributed by atoms with E-state index in [-0.39, 0.29) is 0 Å². The van der Waals surface area contributed by atoms with Crippen LogP contribution in [-0.2, 0) is 6.61 Å². The van der Waals surface area contributed by atoms with Gasteiger partial charge in [0, 0.05) is 22.4 Å². The van der Waals surface area contributed by atoms with Gasteiger partial charge in [-0.2, -0.15) is 0 Å². The summed E-state index contributed by atoms with van der Waals surface area (Å²) in [5.41, 5.74) is 12.0. The number of aliphatic imine (C=N–C) groups is 1. The third-order valence-corrected chi connectivity index (χ3v) is 9.25. The number of hydrogen-bond acceptors (Lipinski definition) is 3. The highest BCUT2D eigenvalue weighted by molar-refractivity contribution is 6.04. The van der Waals surface area contributed by atoms with Crippen LogP contribution in [0.4, 0.5) is 22.7 Å². The molecule has 244 valence electrons. The van der Waals surface area contributed by atoms with Gasteiger partial charge in [0.2, 0.25) is 0 Å². The van der Waals surface area contributed by atoms with Crippen LogP contribution in [0, 0.1) is 0 Å². The fourth-order valence-corrected chi connectivity index (χ4v) is 6.70. The summed E-state index contributed by atoms with van der Waals surface area (Å²) in [4.78, 5) is 6.67. The van der Waals surface area contributed by atoms with Crippen molar-refractivity contribution in [2.24, 2.45) is 4.99 Å². The molecule has 0 spiro atoms. The van der Waals surface area contributed by atoms with Crippen LogP contribution in [0.25, 0.3) is 44.2 Å². The lowest BCUT2D eigenvalue weighted by atomic mass is 9.96. The first kappa shape index (κ1) is 31.6. The summed E-state index contributed by atoms with van der Waals surface area (Å²) >= 11 is 0. The number of benzene rings is 8. The van der Waals surface area contributed by atoms with Gasteiger partial charge in [0.25, 0.3) is 0 Å². The van der Waals surface area contributed by atoms with E-state index in [1.54, 1.807) is 0 Å². The monoisotopic (exact) mass is 656 g/mol. The molecular formula is C48H36N2O. The Labute approximate surface area is 299 Å². The molecule has 8 aromatic rings. The Morgan fingerprint density at radius 1 is 0.451 bits per heavy atom. The lowest BCUT2D eigenvalue weighted by Gasteiger charge is -2.26. The standard InChI is InChI=1S/C48H36N2O/c1-49-46-32-27-40-19-12-22-45(47(40)48(46)51-34-35-13-5-2-6-14-35)39-25-30-43(31-26-39)50(42-28-23-38(24-29-42)36-15-7-3-8-16-36)44-21-11-20-41(33-44)37-17-9-4-10-18-37/h2-33H,1,34H2. The minimum atomic E-state index is 0.440. The van der Waals surface area contributed by atoms with Crippen molar-refractivity contribution in [2.75, 3.05) is 4.90 Å². The normalized spacial score (nSPS) is 10.9. The first-order valence-corrected chi connectivity index (χ1v) is 17.2. The predicted molar refractivity (Wildman–Crippen MR) is 215 cm³/mol. The number of nitrogens with zero attached hydrogens (tertiary/aromatic N) is 2. The highest BCUT2D eigenvalue weighted by Gasteiger charge is 2.17. The van der Waals surface area contributed by atoms with Crippen LogP contribution in [0.1, 0.15) is 5.56 Å². The molecule has 0 atom stereocenters. The average Bonchev–Trinajstić information content (AvgIpc) is 3.21. The van der Waals surface area contributed by atoms with Gasteiger partial charge < -0.3 is 9.64 Å². The molecule has 0 fully saturated rings. The molecule has 0 aliphatic heterocycles. The van der Waals surface area contributed by atoms with Crippen LogP contribution >= 0.6 is 0 Å². The van der Waals surface area contributed by atoms with Crippen molar-refractivity contribution in [3.63, 3.8) is 0 Å². The second kappa shape index (κ2) is 14.4. The van der Waals surface area contributed by atoms with Gasteiger partial charge in [0.15, 0.2) is 5.75 Å². The van der Waals surface area contributed by atoms with Crippen molar-refractivity contribution in [2.45, 2.75) is 6.61 Å². The molecule has 8 rings (SSSR count). The Kier molecular flexibility index (Phi) is 8.92. The molecule has 0 unspecified atom stereocenters. The molecule has 0 N–H and O–H groups in total. The SMILES string of the molecule is C=Nc1ccc2cccc(-c3ccc(N(c4ccc(-c5ccccc5)cc4)c4cccc(-c5ccccc5)c4)cc3)c2c1OCc1ccccc1. The Morgan fingerprint density at radius 2 is 1.00 bits per heavy atom. The summed E-state index contributed by atoms with van der Waals surface area (Å²) in [6, 6.07) is 68.1. The molecule has 51 heavy (non-hydrogen) atoms. The molecule has 0 saturated carbocycles. The lowest BCUT2D eigenvalue weighted by molar-refractivity contribution is 0.311. The number of hydrogen-bond donors (Lipinski definition) is 0. The largest absolute Gasteiger partial charge is 0.486 e. The molecule has 8 aromatic carbocycles. The van der Waals surface area contributed by atoms with Gasteiger partial charge in [0.1, 0.15) is 12.3 Å². The first-order valence-electron chi connectivity index (χ1n) is 17.2. The maximum absolute atomic E-state index is 6.51. The van der Waals surface area contributed by atoms with E-state index in [4.69, 9.17) is 4.74 Å². The Balaban J connectivity index is 1.20. The van der Waals surface area contributed by atoms with Crippen LogP contribution in [0.2, 0.25) is 0 Å². The summed E-state index contributed by atoms with van der Waals surface area (Å²) in [5.74, 6) is 0.740. The van der Waals surface area contributed by atoms with Gasteiger partial charge in [-0.05, 0) is 93.5 Å². The van der Waals surface area contributed by atoms with E-state index in [9.17, 15) is 0 Å². The average molecular weight is 657 g/mol. The molecule has 0 aliphatic carbocycles. The molecule has 0 amide bonds. The van der Waals surface area contributed by atoms with E-state index in [2.05, 4.69) is 186 Å². The number of rotatable bonds is 10. The van der Waals surface area contributed by atoms with E-state index in [0.717, 1.165) is 56.0 Å². The first-order chi connectivity index (χ1) is 25.2. The van der Waals surface area contributed by atoms with Crippen molar-refractivity contribution in [3.8, 4) is 39.1 Å². The zero-order valence-corrected chi connectivity index (χ0v) is 28.2. The Morgan fingerprint density at radius 3 is 1.65 bits per heavy atom. The maximum atomic E-state index is 6.51. The highest BCUT2D eigenvalue weighted by Crippen LogP contribution is 2.43. The molecule has 0 saturated heterocycles. The van der Waals surface area contributed by atoms with E-state index < -0.39 is 0 Å². The molecule has 0 bridgehead atoms. The van der Waals surface area contributed by atoms with Crippen molar-refractivity contribution in [1.29, 1.82) is 0 Å². The van der Waals surface area contributed by atoms with E-state index in [1.165, 1.54) is 22.3 Å². The van der Waals surface area contributed by atoms with E-state index >= 15 is 0 Å². The lowest BCUT2D eigenvalue weighted by Crippen LogP contribution is -2.10. The smallest absolute Gasteiger partial charge is 0.153 e. The zero-order valence-electron chi connectivity index (χ0n) is 28.2. The third kappa shape index (κ3) is 6.66. The Bertz CT molecular complexity index is 2400. The van der Waals surface area contributed by atoms with Crippen LogP contribution < -0.4 is 9.64 Å². The molecule has 0 heterocycles. The van der Waals surface area contributed by atoms with Gasteiger partial charge >= 0.3 is 0 Å². The van der Waals surface area contributed by atoms with Gasteiger partial charge in [-0.3, -0.25) is 4.99 Å². The van der Waals surface area contributed by atoms with Crippen molar-refractivity contribution >= 4 is 40.2 Å². The summed E-state index contributed by atoms with van der Waals surface area (Å²) in [6.07, 6.45) is 0. The molecule has 3 nitrogen and oxygen atoms in total. The fourth-order valence-electron chi connectivity index (χ4n) is 6.70. The summed E-state index contributed by atoms with van der Waals surface area (Å²) < 4.78 is 6.51. The second-order valence-corrected chi connectivity index (χ2v) is 12.5. The Hall–Kier alpha value is -6.71. The molecule has 0 aromatic heterocycles. The maximum Gasteiger partial charge on any atom is 0.153 e. The quantitative estimate of drug-likeness (QED) is 0.137. The zero-order chi connectivity index (χ0) is 34.4. The van der Waals surface area contributed by atoms with Gasteiger partial charge in [0.05, 0.1) is 0 Å². The highest BCUT2D eigenvalue weighted by atomic mass is 16.5. The predicted octanol–water partition coefficient (Wildman–Crippen LogP) is 13.2. The van der Waals surface area contributed by atoms with Crippen molar-refractivity contribution in [3.05, 3.63) is 200 Å². The van der Waals surface area contributed by atoms with Crippen LogP contribution in [0.5, 0.6) is 5.75 Å². The van der Waals surface area contributed by atoms with Gasteiger partial charge in [-0.25, -0.2) is 0 Å². The molecular weight excluding hydrogens is 621 g/mol. The van der Waals surface area contributed by atoms with Crippen LogP contribution in [0.3, 0.4) is 0 Å². The molecule has 0 radical (unpaired) electrons. The topological polar surface area (TPSA) is 24.8 Å². The van der Waals surface area contributed by atoms with Crippen LogP contribution in [-0.4, -0.2) is 6.72 Å².